The van der Waals surface area contributed by atoms with Crippen LogP contribution in [0.1, 0.15) is 48.6 Å². The summed E-state index contributed by atoms with van der Waals surface area (Å²) in [5.41, 5.74) is -3.42. The van der Waals surface area contributed by atoms with Crippen molar-refractivity contribution in [2.45, 2.75) is 38.5 Å². The number of alkyl halides is 6. The number of fused-ring (bicyclic) bond motifs is 1. The zero-order chi connectivity index (χ0) is 24.1. The molecule has 0 fully saturated rings. The summed E-state index contributed by atoms with van der Waals surface area (Å²) in [6.45, 7) is 5.81. The molecule has 2 nitrogen and oxygen atoms in total. The lowest BCUT2D eigenvalue weighted by molar-refractivity contribution is -0.143. The first-order valence-corrected chi connectivity index (χ1v) is 9.38. The Morgan fingerprint density at radius 3 is 1.69 bits per heavy atom. The predicted molar refractivity (Wildman–Crippen MR) is 108 cm³/mol. The number of nitrogens with zero attached hydrogens (tertiary/aromatic N) is 2. The van der Waals surface area contributed by atoms with Crippen molar-refractivity contribution in [3.63, 3.8) is 0 Å². The zero-order valence-corrected chi connectivity index (χ0v) is 17.2. The second-order valence-corrected chi connectivity index (χ2v) is 8.38. The monoisotopic (exact) mass is 446 g/mol. The Hall–Kier alpha value is -3.52. The van der Waals surface area contributed by atoms with Crippen LogP contribution < -0.4 is 0 Å². The molecule has 0 bridgehead atoms. The highest BCUT2D eigenvalue weighted by Crippen LogP contribution is 2.42. The van der Waals surface area contributed by atoms with E-state index in [0.29, 0.717) is 17.5 Å². The Morgan fingerprint density at radius 2 is 1.25 bits per heavy atom. The molecule has 0 atom stereocenters. The van der Waals surface area contributed by atoms with Crippen LogP contribution in [0.4, 0.5) is 26.3 Å². The number of hydrogen-bond acceptors (Lipinski definition) is 2. The van der Waals surface area contributed by atoms with Gasteiger partial charge in [-0.05, 0) is 51.6 Å². The Balaban J connectivity index is 2.50. The fourth-order valence-electron chi connectivity index (χ4n) is 3.48. The van der Waals surface area contributed by atoms with E-state index in [0.717, 1.165) is 5.56 Å². The van der Waals surface area contributed by atoms with Crippen LogP contribution >= 0.6 is 0 Å². The molecular formula is C24H16F6N2. The average molecular weight is 446 g/mol. The van der Waals surface area contributed by atoms with Crippen LogP contribution in [-0.4, -0.2) is 0 Å². The number of rotatable bonds is 1. The fraction of sp³-hybridized carbons (Fsp3) is 0.250. The van der Waals surface area contributed by atoms with Gasteiger partial charge in [-0.3, -0.25) is 0 Å². The number of hydrogen-bond donors (Lipinski definition) is 0. The van der Waals surface area contributed by atoms with Gasteiger partial charge in [-0.15, -0.1) is 0 Å². The van der Waals surface area contributed by atoms with Gasteiger partial charge in [0.2, 0.25) is 0 Å². The zero-order valence-electron chi connectivity index (χ0n) is 17.2. The normalized spacial score (nSPS) is 12.5. The smallest absolute Gasteiger partial charge is 0.192 e. The van der Waals surface area contributed by atoms with Crippen LogP contribution in [0.5, 0.6) is 0 Å². The van der Waals surface area contributed by atoms with Crippen molar-refractivity contribution in [3.8, 4) is 23.3 Å². The lowest BCUT2D eigenvalue weighted by atomic mass is 9.83. The molecular weight excluding hydrogens is 430 g/mol. The van der Waals surface area contributed by atoms with E-state index in [1.165, 1.54) is 6.07 Å². The van der Waals surface area contributed by atoms with E-state index in [1.807, 2.05) is 26.8 Å². The third kappa shape index (κ3) is 4.27. The summed E-state index contributed by atoms with van der Waals surface area (Å²) in [6.07, 6.45) is -10.1. The fourth-order valence-corrected chi connectivity index (χ4v) is 3.48. The molecule has 0 aliphatic heterocycles. The molecule has 32 heavy (non-hydrogen) atoms. The van der Waals surface area contributed by atoms with E-state index in [2.05, 4.69) is 0 Å². The topological polar surface area (TPSA) is 47.6 Å². The van der Waals surface area contributed by atoms with Gasteiger partial charge in [0, 0.05) is 5.56 Å². The number of benzene rings is 3. The quantitative estimate of drug-likeness (QED) is 0.362. The van der Waals surface area contributed by atoms with Gasteiger partial charge in [-0.2, -0.15) is 36.9 Å². The molecule has 0 aromatic heterocycles. The summed E-state index contributed by atoms with van der Waals surface area (Å²) >= 11 is 0. The van der Waals surface area contributed by atoms with Crippen LogP contribution in [0.2, 0.25) is 0 Å². The van der Waals surface area contributed by atoms with Gasteiger partial charge in [0.25, 0.3) is 0 Å². The van der Waals surface area contributed by atoms with Crippen LogP contribution in [0.3, 0.4) is 0 Å². The van der Waals surface area contributed by atoms with E-state index in [4.69, 9.17) is 0 Å². The molecule has 3 aromatic carbocycles. The van der Waals surface area contributed by atoms with Gasteiger partial charge >= 0.3 is 12.4 Å². The number of nitriles is 2. The van der Waals surface area contributed by atoms with E-state index in [9.17, 15) is 36.9 Å². The summed E-state index contributed by atoms with van der Waals surface area (Å²) in [5.74, 6) is 0. The second-order valence-electron chi connectivity index (χ2n) is 8.38. The van der Waals surface area contributed by atoms with Crippen molar-refractivity contribution in [3.05, 3.63) is 70.3 Å². The maximum absolute atomic E-state index is 13.4. The lowest BCUT2D eigenvalue weighted by Gasteiger charge is -2.21. The standard InChI is InChI=1S/C24H16F6N2/c1-22(2,3)16-4-5-19-13(7-16)6-15(11-31)20(12-32)21(19)14-8-17(23(25,26)27)10-18(9-14)24(28,29)30/h4-10H,1-3H3. The SMILES string of the molecule is CC(C)(C)c1ccc2c(-c3cc(C(F)(F)F)cc(C(F)(F)F)c3)c(C#N)c(C#N)cc2c1. The van der Waals surface area contributed by atoms with Crippen molar-refractivity contribution in [2.24, 2.45) is 0 Å². The van der Waals surface area contributed by atoms with E-state index in [-0.39, 0.29) is 33.6 Å². The molecule has 0 radical (unpaired) electrons. The highest BCUT2D eigenvalue weighted by Gasteiger charge is 2.37. The van der Waals surface area contributed by atoms with Crippen molar-refractivity contribution < 1.29 is 26.3 Å². The molecule has 0 aliphatic rings. The maximum Gasteiger partial charge on any atom is 0.416 e. The number of halogens is 6. The van der Waals surface area contributed by atoms with Crippen LogP contribution in [0.25, 0.3) is 21.9 Å². The van der Waals surface area contributed by atoms with E-state index in [1.54, 1.807) is 24.3 Å². The van der Waals surface area contributed by atoms with Crippen molar-refractivity contribution in [1.29, 1.82) is 10.5 Å². The minimum Gasteiger partial charge on any atom is -0.192 e. The Bertz CT molecular complexity index is 1260. The van der Waals surface area contributed by atoms with Crippen LogP contribution in [0.15, 0.2) is 42.5 Å². The minimum atomic E-state index is -5.04. The Labute approximate surface area is 180 Å². The van der Waals surface area contributed by atoms with Gasteiger partial charge in [0.1, 0.15) is 12.1 Å². The first-order valence-electron chi connectivity index (χ1n) is 9.38. The summed E-state index contributed by atoms with van der Waals surface area (Å²) in [6, 6.07) is 11.2. The molecule has 0 saturated carbocycles. The van der Waals surface area contributed by atoms with Gasteiger partial charge in [0.15, 0.2) is 0 Å². The highest BCUT2D eigenvalue weighted by molar-refractivity contribution is 6.01. The summed E-state index contributed by atoms with van der Waals surface area (Å²) < 4.78 is 80.4. The Morgan fingerprint density at radius 1 is 0.688 bits per heavy atom. The molecule has 3 aromatic rings. The van der Waals surface area contributed by atoms with Gasteiger partial charge in [-0.25, -0.2) is 0 Å². The van der Waals surface area contributed by atoms with E-state index < -0.39 is 29.0 Å². The lowest BCUT2D eigenvalue weighted by Crippen LogP contribution is -2.12. The predicted octanol–water partition coefficient (Wildman–Crippen LogP) is 7.59. The van der Waals surface area contributed by atoms with Crippen molar-refractivity contribution >= 4 is 10.8 Å². The van der Waals surface area contributed by atoms with Gasteiger partial charge in [-0.1, -0.05) is 39.0 Å². The molecule has 8 heteroatoms. The summed E-state index contributed by atoms with van der Waals surface area (Å²) in [7, 11) is 0. The third-order valence-electron chi connectivity index (χ3n) is 5.11. The second kappa shape index (κ2) is 7.56. The highest BCUT2D eigenvalue weighted by atomic mass is 19.4. The van der Waals surface area contributed by atoms with Gasteiger partial charge in [0.05, 0.1) is 22.3 Å². The molecule has 3 rings (SSSR count). The van der Waals surface area contributed by atoms with E-state index >= 15 is 0 Å². The van der Waals surface area contributed by atoms with Crippen molar-refractivity contribution in [2.75, 3.05) is 0 Å². The maximum atomic E-state index is 13.4. The molecule has 0 spiro atoms. The third-order valence-corrected chi connectivity index (χ3v) is 5.11. The van der Waals surface area contributed by atoms with Crippen molar-refractivity contribution in [1.82, 2.24) is 0 Å². The molecule has 0 aliphatic carbocycles. The largest absolute Gasteiger partial charge is 0.416 e. The van der Waals surface area contributed by atoms with Gasteiger partial charge < -0.3 is 0 Å². The molecule has 0 unspecified atom stereocenters. The first-order chi connectivity index (χ1) is 14.7. The minimum absolute atomic E-state index is 0.0313. The first kappa shape index (κ1) is 23.1. The molecule has 0 amide bonds. The van der Waals surface area contributed by atoms with Crippen LogP contribution in [0, 0.1) is 22.7 Å². The Kier molecular flexibility index (Phi) is 5.47. The molecule has 0 N–H and O–H groups in total. The summed E-state index contributed by atoms with van der Waals surface area (Å²) in [5, 5.41) is 19.9. The summed E-state index contributed by atoms with van der Waals surface area (Å²) in [4.78, 5) is 0. The molecule has 0 saturated heterocycles. The molecule has 0 heterocycles. The van der Waals surface area contributed by atoms with Crippen LogP contribution in [-0.2, 0) is 17.8 Å². The molecule has 164 valence electrons. The average Bonchev–Trinajstić information content (AvgIpc) is 2.69.